The molecule has 0 saturated carbocycles. The molecule has 0 heterocycles. The van der Waals surface area contributed by atoms with Gasteiger partial charge in [-0.05, 0) is 25.2 Å². The van der Waals surface area contributed by atoms with Crippen LogP contribution >= 0.6 is 0 Å². The van der Waals surface area contributed by atoms with Crippen LogP contribution in [0.3, 0.4) is 0 Å². The zero-order chi connectivity index (χ0) is 17.0. The summed E-state index contributed by atoms with van der Waals surface area (Å²) in [4.78, 5) is 0. The van der Waals surface area contributed by atoms with Gasteiger partial charge < -0.3 is 0 Å². The topological polar surface area (TPSA) is 0 Å². The Morgan fingerprint density at radius 1 is 0.652 bits per heavy atom. The normalized spacial score (nSPS) is 12.8. The Kier molecular flexibility index (Phi) is 19.1. The van der Waals surface area contributed by atoms with Crippen LogP contribution in [0.25, 0.3) is 0 Å². The Morgan fingerprint density at radius 3 is 1.52 bits per heavy atom. The van der Waals surface area contributed by atoms with E-state index in [9.17, 15) is 0 Å². The number of hydrogen-bond acceptors (Lipinski definition) is 0. The maximum Gasteiger partial charge on any atom is -0.0230 e. The molecule has 136 valence electrons. The molecule has 0 N–H and O–H groups in total. The summed E-state index contributed by atoms with van der Waals surface area (Å²) in [7, 11) is 0. The molecule has 0 rings (SSSR count). The maximum atomic E-state index is 3.82. The van der Waals surface area contributed by atoms with E-state index in [1.165, 1.54) is 96.3 Å². The van der Waals surface area contributed by atoms with Gasteiger partial charge in [-0.3, -0.25) is 0 Å². The monoisotopic (exact) mass is 320 g/mol. The second-order valence-electron chi connectivity index (χ2n) is 7.30. The van der Waals surface area contributed by atoms with Crippen molar-refractivity contribution in [3.8, 4) is 0 Å². The number of allylic oxidation sites excluding steroid dienone is 3. The fourth-order valence-electron chi connectivity index (χ4n) is 2.98. The molecule has 0 aliphatic rings. The van der Waals surface area contributed by atoms with Gasteiger partial charge in [-0.2, -0.15) is 0 Å². The smallest absolute Gasteiger partial charge is 0.0230 e. The molecule has 0 saturated heterocycles. The van der Waals surface area contributed by atoms with Gasteiger partial charge in [-0.15, -0.1) is 6.58 Å². The Labute approximate surface area is 147 Å². The zero-order valence-electron chi connectivity index (χ0n) is 16.3. The van der Waals surface area contributed by atoms with E-state index in [1.807, 2.05) is 6.08 Å². The first-order chi connectivity index (χ1) is 11.3. The Bertz CT molecular complexity index is 251. The molecule has 23 heavy (non-hydrogen) atoms. The van der Waals surface area contributed by atoms with E-state index >= 15 is 0 Å². The first-order valence-corrected chi connectivity index (χ1v) is 10.6. The van der Waals surface area contributed by atoms with Crippen LogP contribution in [0.2, 0.25) is 0 Å². The van der Waals surface area contributed by atoms with Crippen LogP contribution < -0.4 is 0 Å². The molecule has 1 atom stereocenters. The minimum Gasteiger partial charge on any atom is -0.103 e. The van der Waals surface area contributed by atoms with Crippen LogP contribution in [-0.4, -0.2) is 0 Å². The average Bonchev–Trinajstić information content (AvgIpc) is 2.57. The zero-order valence-corrected chi connectivity index (χ0v) is 16.3. The van der Waals surface area contributed by atoms with Gasteiger partial charge in [0.25, 0.3) is 0 Å². The van der Waals surface area contributed by atoms with Gasteiger partial charge in [0.1, 0.15) is 0 Å². The molecule has 0 bridgehead atoms. The highest BCUT2D eigenvalue weighted by Crippen LogP contribution is 2.13. The summed E-state index contributed by atoms with van der Waals surface area (Å²) in [6.07, 6.45) is 29.4. The van der Waals surface area contributed by atoms with Gasteiger partial charge in [-0.25, -0.2) is 0 Å². The fourth-order valence-corrected chi connectivity index (χ4v) is 2.98. The number of rotatable bonds is 18. The largest absolute Gasteiger partial charge is 0.103 e. The van der Waals surface area contributed by atoms with Crippen molar-refractivity contribution in [1.82, 2.24) is 0 Å². The summed E-state index contributed by atoms with van der Waals surface area (Å²) >= 11 is 0. The van der Waals surface area contributed by atoms with Crippen LogP contribution in [-0.2, 0) is 0 Å². The molecule has 0 amide bonds. The minimum atomic E-state index is 0.627. The minimum absolute atomic E-state index is 0.627. The first-order valence-electron chi connectivity index (χ1n) is 10.6. The van der Waals surface area contributed by atoms with Crippen LogP contribution in [0, 0.1) is 5.92 Å². The Hall–Kier alpha value is -0.520. The maximum absolute atomic E-state index is 3.82. The molecule has 0 aromatic rings. The van der Waals surface area contributed by atoms with Crippen molar-refractivity contribution in [2.45, 2.75) is 117 Å². The lowest BCUT2D eigenvalue weighted by Gasteiger charge is -2.03. The van der Waals surface area contributed by atoms with Gasteiger partial charge in [0.15, 0.2) is 0 Å². The fraction of sp³-hybridized carbons (Fsp3) is 0.826. The molecular formula is C23H44. The van der Waals surface area contributed by atoms with Crippen LogP contribution in [0.15, 0.2) is 24.8 Å². The summed E-state index contributed by atoms with van der Waals surface area (Å²) < 4.78 is 0. The predicted octanol–water partition coefficient (Wildman–Crippen LogP) is 8.63. The molecule has 0 radical (unpaired) electrons. The molecule has 0 spiro atoms. The SMILES string of the molecule is C=CC(C)CC=CCCCCCCCCCCCCCCCC. The van der Waals surface area contributed by atoms with E-state index in [-0.39, 0.29) is 0 Å². The van der Waals surface area contributed by atoms with Crippen molar-refractivity contribution >= 4 is 0 Å². The molecular weight excluding hydrogens is 276 g/mol. The second kappa shape index (κ2) is 19.5. The molecule has 0 aromatic heterocycles. The molecule has 1 unspecified atom stereocenters. The summed E-state index contributed by atoms with van der Waals surface area (Å²) in [5, 5.41) is 0. The molecule has 0 aromatic carbocycles. The van der Waals surface area contributed by atoms with E-state index in [0.717, 1.165) is 6.42 Å². The van der Waals surface area contributed by atoms with Crippen LogP contribution in [0.1, 0.15) is 117 Å². The highest BCUT2D eigenvalue weighted by molar-refractivity contribution is 4.87. The lowest BCUT2D eigenvalue weighted by Crippen LogP contribution is -1.84. The predicted molar refractivity (Wildman–Crippen MR) is 108 cm³/mol. The van der Waals surface area contributed by atoms with E-state index < -0.39 is 0 Å². The standard InChI is InChI=1S/C23H44/c1-4-6-7-8-9-10-11-12-13-14-15-16-17-18-19-20-21-22-23(3)5-2/h5,20-21,23H,2,4,6-19,22H2,1,3H3. The van der Waals surface area contributed by atoms with E-state index in [1.54, 1.807) is 0 Å². The van der Waals surface area contributed by atoms with Crippen LogP contribution in [0.5, 0.6) is 0 Å². The third-order valence-corrected chi connectivity index (χ3v) is 4.80. The lowest BCUT2D eigenvalue weighted by molar-refractivity contribution is 0.536. The molecule has 0 aliphatic carbocycles. The van der Waals surface area contributed by atoms with Crippen molar-refractivity contribution in [1.29, 1.82) is 0 Å². The summed E-state index contributed by atoms with van der Waals surface area (Å²) in [5.41, 5.74) is 0. The van der Waals surface area contributed by atoms with E-state index in [0.29, 0.717) is 5.92 Å². The highest BCUT2D eigenvalue weighted by atomic mass is 14.0. The highest BCUT2D eigenvalue weighted by Gasteiger charge is 1.94. The summed E-state index contributed by atoms with van der Waals surface area (Å²) in [6, 6.07) is 0. The molecule has 0 aliphatic heterocycles. The van der Waals surface area contributed by atoms with Crippen molar-refractivity contribution in [3.63, 3.8) is 0 Å². The number of unbranched alkanes of at least 4 members (excludes halogenated alkanes) is 14. The average molecular weight is 321 g/mol. The van der Waals surface area contributed by atoms with Gasteiger partial charge >= 0.3 is 0 Å². The molecule has 0 nitrogen and oxygen atoms in total. The van der Waals surface area contributed by atoms with Crippen molar-refractivity contribution in [2.75, 3.05) is 0 Å². The second-order valence-corrected chi connectivity index (χ2v) is 7.30. The van der Waals surface area contributed by atoms with Crippen molar-refractivity contribution < 1.29 is 0 Å². The number of hydrogen-bond donors (Lipinski definition) is 0. The summed E-state index contributed by atoms with van der Waals surface area (Å²) in [5.74, 6) is 0.627. The van der Waals surface area contributed by atoms with Gasteiger partial charge in [0.2, 0.25) is 0 Å². The van der Waals surface area contributed by atoms with E-state index in [4.69, 9.17) is 0 Å². The van der Waals surface area contributed by atoms with Crippen molar-refractivity contribution in [2.24, 2.45) is 5.92 Å². The summed E-state index contributed by atoms with van der Waals surface area (Å²) in [6.45, 7) is 8.34. The van der Waals surface area contributed by atoms with Gasteiger partial charge in [0.05, 0.1) is 0 Å². The van der Waals surface area contributed by atoms with Gasteiger partial charge in [0, 0.05) is 0 Å². The quantitative estimate of drug-likeness (QED) is 0.175. The Morgan fingerprint density at radius 2 is 1.09 bits per heavy atom. The van der Waals surface area contributed by atoms with Crippen molar-refractivity contribution in [3.05, 3.63) is 24.8 Å². The van der Waals surface area contributed by atoms with Crippen LogP contribution in [0.4, 0.5) is 0 Å². The van der Waals surface area contributed by atoms with Gasteiger partial charge in [-0.1, -0.05) is 116 Å². The lowest BCUT2D eigenvalue weighted by atomic mass is 10.0. The van der Waals surface area contributed by atoms with E-state index in [2.05, 4.69) is 32.6 Å². The Balaban J connectivity index is 3.06. The first kappa shape index (κ1) is 22.5. The third-order valence-electron chi connectivity index (χ3n) is 4.80. The molecule has 0 fully saturated rings. The molecule has 0 heteroatoms. The third kappa shape index (κ3) is 19.4.